The van der Waals surface area contributed by atoms with Gasteiger partial charge < -0.3 is 20.3 Å². The number of benzene rings is 2. The van der Waals surface area contributed by atoms with Gasteiger partial charge in [0.05, 0.1) is 12.2 Å². The number of carbonyl (C=O) groups is 5. The van der Waals surface area contributed by atoms with Gasteiger partial charge in [0.2, 0.25) is 11.8 Å². The van der Waals surface area contributed by atoms with Crippen molar-refractivity contribution in [3.8, 4) is 0 Å². The lowest BCUT2D eigenvalue weighted by atomic mass is 10.1. The number of likely N-dealkylation sites (tertiary alicyclic amines) is 1. The van der Waals surface area contributed by atoms with Crippen LogP contribution in [0.3, 0.4) is 0 Å². The van der Waals surface area contributed by atoms with Crippen LogP contribution in [0.4, 0.5) is 10.5 Å². The largest absolute Gasteiger partial charge is 0.444 e. The summed E-state index contributed by atoms with van der Waals surface area (Å²) in [4.78, 5) is 63.4. The Morgan fingerprint density at radius 3 is 2.38 bits per heavy atom. The third-order valence-electron chi connectivity index (χ3n) is 5.96. The highest BCUT2D eigenvalue weighted by Gasteiger charge is 2.34. The maximum Gasteiger partial charge on any atom is 0.408 e. The summed E-state index contributed by atoms with van der Waals surface area (Å²) in [6.45, 7) is 5.21. The molecule has 11 nitrogen and oxygen atoms in total. The van der Waals surface area contributed by atoms with Gasteiger partial charge in [-0.2, -0.15) is 0 Å². The molecule has 4 N–H and O–H groups in total. The Hall–Kier alpha value is -4.41. The van der Waals surface area contributed by atoms with E-state index in [2.05, 4.69) is 21.5 Å². The highest BCUT2D eigenvalue weighted by Crippen LogP contribution is 2.18. The predicted molar refractivity (Wildman–Crippen MR) is 145 cm³/mol. The van der Waals surface area contributed by atoms with Crippen molar-refractivity contribution in [2.24, 2.45) is 0 Å². The van der Waals surface area contributed by atoms with Gasteiger partial charge in [-0.15, -0.1) is 0 Å². The molecule has 0 spiro atoms. The Balaban J connectivity index is 1.56. The number of hydrazine groups is 1. The molecule has 2 aromatic rings. The van der Waals surface area contributed by atoms with Crippen molar-refractivity contribution >= 4 is 35.8 Å². The lowest BCUT2D eigenvalue weighted by Crippen LogP contribution is -2.53. The maximum absolute atomic E-state index is 13.0. The molecule has 1 aliphatic rings. The van der Waals surface area contributed by atoms with E-state index in [1.807, 2.05) is 30.3 Å². The summed E-state index contributed by atoms with van der Waals surface area (Å²) >= 11 is 0. The van der Waals surface area contributed by atoms with Gasteiger partial charge in [0.25, 0.3) is 5.91 Å². The number of nitrogens with one attached hydrogen (secondary N) is 4. The van der Waals surface area contributed by atoms with Crippen LogP contribution < -0.4 is 21.5 Å². The van der Waals surface area contributed by atoms with Crippen LogP contribution in [0.15, 0.2) is 54.6 Å². The minimum absolute atomic E-state index is 0.203. The molecule has 39 heavy (non-hydrogen) atoms. The Bertz CT molecular complexity index is 1160. The predicted octanol–water partition coefficient (Wildman–Crippen LogP) is 2.19. The zero-order valence-electron chi connectivity index (χ0n) is 22.4. The molecule has 0 radical (unpaired) electrons. The first-order valence-corrected chi connectivity index (χ1v) is 12.8. The van der Waals surface area contributed by atoms with E-state index in [9.17, 15) is 24.0 Å². The molecular formula is C28H35N5O6. The van der Waals surface area contributed by atoms with Crippen molar-refractivity contribution in [3.05, 3.63) is 65.7 Å². The molecule has 1 aliphatic heterocycles. The molecule has 0 bridgehead atoms. The summed E-state index contributed by atoms with van der Waals surface area (Å²) in [7, 11) is 0. The standard InChI is InChI=1S/C28H35N5O6/c1-28(2,3)39-27(38)30-22(16-19-8-5-4-6-9-19)25(36)29-17-24(35)33-15-7-10-23(33)26(37)32-31-21-13-11-20(18-34)12-14-21/h4-6,8-9,11-14,18,22-23,31H,7,10,15-17H2,1-3H3,(H,29,36)(H,30,38)(H,32,37)/t22-,23-/m0/s1. The monoisotopic (exact) mass is 537 g/mol. The van der Waals surface area contributed by atoms with E-state index < -0.39 is 35.6 Å². The third-order valence-corrected chi connectivity index (χ3v) is 5.96. The SMILES string of the molecule is CC(C)(C)OC(=O)N[C@@H](Cc1ccccc1)C(=O)NCC(=O)N1CCC[C@H]1C(=O)NNc1ccc(C=O)cc1. The minimum atomic E-state index is -0.970. The number of amides is 4. The first-order chi connectivity index (χ1) is 18.6. The molecule has 1 saturated heterocycles. The van der Waals surface area contributed by atoms with E-state index in [1.54, 1.807) is 45.0 Å². The molecule has 2 aromatic carbocycles. The number of ether oxygens (including phenoxy) is 1. The number of aldehydes is 1. The van der Waals surface area contributed by atoms with Crippen LogP contribution in [0.1, 0.15) is 49.5 Å². The maximum atomic E-state index is 13.0. The summed E-state index contributed by atoms with van der Waals surface area (Å²) in [5.74, 6) is -1.34. The van der Waals surface area contributed by atoms with E-state index in [1.165, 1.54) is 4.90 Å². The summed E-state index contributed by atoms with van der Waals surface area (Å²) in [6.07, 6.45) is 1.31. The molecule has 0 aliphatic carbocycles. The van der Waals surface area contributed by atoms with Gasteiger partial charge in [0.15, 0.2) is 0 Å². The van der Waals surface area contributed by atoms with Crippen LogP contribution in [0.5, 0.6) is 0 Å². The van der Waals surface area contributed by atoms with Crippen molar-refractivity contribution in [3.63, 3.8) is 0 Å². The number of hydrogen-bond acceptors (Lipinski definition) is 7. The topological polar surface area (TPSA) is 146 Å². The van der Waals surface area contributed by atoms with Crippen LogP contribution in [-0.4, -0.2) is 65.8 Å². The average molecular weight is 538 g/mol. The highest BCUT2D eigenvalue weighted by molar-refractivity contribution is 5.92. The normalized spacial score (nSPS) is 15.6. The van der Waals surface area contributed by atoms with Crippen molar-refractivity contribution < 1.29 is 28.7 Å². The van der Waals surface area contributed by atoms with Crippen molar-refractivity contribution in [2.75, 3.05) is 18.5 Å². The molecule has 4 amide bonds. The Labute approximate surface area is 227 Å². The lowest BCUT2D eigenvalue weighted by Gasteiger charge is -2.25. The van der Waals surface area contributed by atoms with Crippen LogP contribution in [-0.2, 0) is 25.5 Å². The van der Waals surface area contributed by atoms with Gasteiger partial charge in [-0.1, -0.05) is 30.3 Å². The number of anilines is 1. The minimum Gasteiger partial charge on any atom is -0.444 e. The van der Waals surface area contributed by atoms with Crippen molar-refractivity contribution in [2.45, 2.75) is 57.7 Å². The molecule has 0 unspecified atom stereocenters. The second kappa shape index (κ2) is 13.4. The summed E-state index contributed by atoms with van der Waals surface area (Å²) in [5.41, 5.74) is 6.54. The Kier molecular flexibility index (Phi) is 10.0. The first-order valence-electron chi connectivity index (χ1n) is 12.8. The van der Waals surface area contributed by atoms with Gasteiger partial charge in [-0.3, -0.25) is 30.0 Å². The van der Waals surface area contributed by atoms with Crippen LogP contribution >= 0.6 is 0 Å². The van der Waals surface area contributed by atoms with E-state index in [4.69, 9.17) is 4.74 Å². The molecule has 11 heteroatoms. The van der Waals surface area contributed by atoms with Gasteiger partial charge in [-0.25, -0.2) is 4.79 Å². The van der Waals surface area contributed by atoms with E-state index in [0.717, 1.165) is 11.8 Å². The molecule has 1 fully saturated rings. The zero-order chi connectivity index (χ0) is 28.4. The molecule has 208 valence electrons. The van der Waals surface area contributed by atoms with Gasteiger partial charge in [0, 0.05) is 18.5 Å². The fraction of sp³-hybridized carbons (Fsp3) is 0.393. The molecule has 2 atom stereocenters. The van der Waals surface area contributed by atoms with Crippen LogP contribution in [0, 0.1) is 0 Å². The molecule has 1 heterocycles. The molecule has 0 saturated carbocycles. The molecule has 3 rings (SSSR count). The smallest absolute Gasteiger partial charge is 0.408 e. The third kappa shape index (κ3) is 9.13. The number of alkyl carbamates (subject to hydrolysis) is 1. The average Bonchev–Trinajstić information content (AvgIpc) is 3.40. The first kappa shape index (κ1) is 29.2. The fourth-order valence-electron chi connectivity index (χ4n) is 4.10. The van der Waals surface area contributed by atoms with Crippen molar-refractivity contribution in [1.29, 1.82) is 0 Å². The number of carbonyl (C=O) groups excluding carboxylic acids is 5. The molecule has 0 aromatic heterocycles. The van der Waals surface area contributed by atoms with Crippen LogP contribution in [0.2, 0.25) is 0 Å². The van der Waals surface area contributed by atoms with Crippen molar-refractivity contribution in [1.82, 2.24) is 21.0 Å². The Morgan fingerprint density at radius 2 is 1.74 bits per heavy atom. The Morgan fingerprint density at radius 1 is 1.05 bits per heavy atom. The zero-order valence-corrected chi connectivity index (χ0v) is 22.4. The van der Waals surface area contributed by atoms with Gasteiger partial charge in [-0.05, 0) is 63.4 Å². The van der Waals surface area contributed by atoms with E-state index in [0.29, 0.717) is 30.6 Å². The number of hydrogen-bond donors (Lipinski definition) is 4. The second-order valence-corrected chi connectivity index (χ2v) is 10.2. The van der Waals surface area contributed by atoms with Gasteiger partial charge in [0.1, 0.15) is 24.0 Å². The second-order valence-electron chi connectivity index (χ2n) is 10.2. The quantitative estimate of drug-likeness (QED) is 0.268. The van der Waals surface area contributed by atoms with E-state index >= 15 is 0 Å². The fourth-order valence-corrected chi connectivity index (χ4v) is 4.10. The van der Waals surface area contributed by atoms with Crippen LogP contribution in [0.25, 0.3) is 0 Å². The summed E-state index contributed by atoms with van der Waals surface area (Å²) < 4.78 is 5.30. The highest BCUT2D eigenvalue weighted by atomic mass is 16.6. The van der Waals surface area contributed by atoms with Gasteiger partial charge >= 0.3 is 6.09 Å². The molecular weight excluding hydrogens is 502 g/mol. The summed E-state index contributed by atoms with van der Waals surface area (Å²) in [6, 6.07) is 14.0. The lowest BCUT2D eigenvalue weighted by molar-refractivity contribution is -0.138. The number of nitrogens with zero attached hydrogens (tertiary/aromatic N) is 1. The number of rotatable bonds is 10. The van der Waals surface area contributed by atoms with E-state index in [-0.39, 0.29) is 18.9 Å². The summed E-state index contributed by atoms with van der Waals surface area (Å²) in [5, 5.41) is 5.19.